The van der Waals surface area contributed by atoms with Crippen LogP contribution in [-0.4, -0.2) is 16.1 Å². The molecular formula is C14H16FN3O2. The van der Waals surface area contributed by atoms with Crippen LogP contribution in [0.2, 0.25) is 0 Å². The summed E-state index contributed by atoms with van der Waals surface area (Å²) in [5.41, 5.74) is 6.24. The van der Waals surface area contributed by atoms with Crippen LogP contribution in [-0.2, 0) is 6.61 Å². The van der Waals surface area contributed by atoms with Gasteiger partial charge in [0.2, 0.25) is 0 Å². The molecule has 1 aromatic heterocycles. The van der Waals surface area contributed by atoms with Gasteiger partial charge in [-0.15, -0.1) is 0 Å². The van der Waals surface area contributed by atoms with Crippen molar-refractivity contribution >= 4 is 5.82 Å². The number of nitrogens with zero attached hydrogens (tertiary/aromatic N) is 2. The van der Waals surface area contributed by atoms with E-state index in [0.29, 0.717) is 0 Å². The smallest absolute Gasteiger partial charge is 0.318 e. The predicted octanol–water partition coefficient (Wildman–Crippen LogP) is 2.56. The predicted molar refractivity (Wildman–Crippen MR) is 72.9 cm³/mol. The first-order chi connectivity index (χ1) is 9.54. The van der Waals surface area contributed by atoms with Crippen LogP contribution in [0.3, 0.4) is 0 Å². The Kier molecular flexibility index (Phi) is 4.34. The average molecular weight is 277 g/mol. The summed E-state index contributed by atoms with van der Waals surface area (Å²) in [6.07, 6.45) is 1.09. The van der Waals surface area contributed by atoms with Crippen molar-refractivity contribution in [2.75, 3.05) is 5.73 Å². The summed E-state index contributed by atoms with van der Waals surface area (Å²) < 4.78 is 23.9. The Morgan fingerprint density at radius 2 is 2.15 bits per heavy atom. The molecule has 106 valence electrons. The van der Waals surface area contributed by atoms with Crippen molar-refractivity contribution in [1.29, 1.82) is 0 Å². The van der Waals surface area contributed by atoms with Gasteiger partial charge in [0, 0.05) is 0 Å². The molecule has 20 heavy (non-hydrogen) atoms. The highest BCUT2D eigenvalue weighted by atomic mass is 19.1. The first kappa shape index (κ1) is 14.0. The molecule has 0 amide bonds. The number of ether oxygens (including phenoxy) is 2. The third-order valence-electron chi connectivity index (χ3n) is 2.39. The summed E-state index contributed by atoms with van der Waals surface area (Å²) in [7, 11) is 0. The summed E-state index contributed by atoms with van der Waals surface area (Å²) in [6, 6.07) is 7.54. The topological polar surface area (TPSA) is 70.3 Å². The standard InChI is InChI=1S/C14H16FN3O2/c1-9(2)20-11-5-3-4-10(6-11)8-19-14-17-7-12(15)13(16)18-14/h3-7,9H,8H2,1-2H3,(H2,16,17,18). The minimum atomic E-state index is -0.662. The number of hydrogen-bond acceptors (Lipinski definition) is 5. The monoisotopic (exact) mass is 277 g/mol. The van der Waals surface area contributed by atoms with E-state index in [1.165, 1.54) is 0 Å². The van der Waals surface area contributed by atoms with Crippen molar-refractivity contribution in [3.63, 3.8) is 0 Å². The molecule has 2 aromatic rings. The summed E-state index contributed by atoms with van der Waals surface area (Å²) >= 11 is 0. The Morgan fingerprint density at radius 1 is 1.35 bits per heavy atom. The molecule has 0 bridgehead atoms. The van der Waals surface area contributed by atoms with E-state index >= 15 is 0 Å². The number of anilines is 1. The van der Waals surface area contributed by atoms with Gasteiger partial charge in [0.15, 0.2) is 11.6 Å². The minimum absolute atomic E-state index is 0.0408. The number of aromatic nitrogens is 2. The van der Waals surface area contributed by atoms with Crippen LogP contribution in [0, 0.1) is 5.82 Å². The van der Waals surface area contributed by atoms with Gasteiger partial charge in [-0.25, -0.2) is 9.37 Å². The molecule has 5 nitrogen and oxygen atoms in total. The molecule has 0 saturated heterocycles. The lowest BCUT2D eigenvalue weighted by atomic mass is 10.2. The van der Waals surface area contributed by atoms with E-state index < -0.39 is 5.82 Å². The van der Waals surface area contributed by atoms with Crippen molar-refractivity contribution in [1.82, 2.24) is 9.97 Å². The number of nitrogens with two attached hydrogens (primary N) is 1. The zero-order valence-electron chi connectivity index (χ0n) is 11.3. The number of rotatable bonds is 5. The van der Waals surface area contributed by atoms with E-state index in [2.05, 4.69) is 9.97 Å². The zero-order chi connectivity index (χ0) is 14.5. The molecule has 2 N–H and O–H groups in total. The molecule has 0 saturated carbocycles. The first-order valence-electron chi connectivity index (χ1n) is 6.21. The molecule has 0 aliphatic carbocycles. The summed E-state index contributed by atoms with van der Waals surface area (Å²) in [5.74, 6) is -0.128. The second kappa shape index (κ2) is 6.18. The minimum Gasteiger partial charge on any atom is -0.491 e. The van der Waals surface area contributed by atoms with Crippen LogP contribution in [0.4, 0.5) is 10.2 Å². The molecule has 0 unspecified atom stereocenters. The largest absolute Gasteiger partial charge is 0.491 e. The van der Waals surface area contributed by atoms with Gasteiger partial charge in [-0.2, -0.15) is 4.98 Å². The number of benzene rings is 1. The lowest BCUT2D eigenvalue weighted by Crippen LogP contribution is -2.06. The zero-order valence-corrected chi connectivity index (χ0v) is 11.3. The fraction of sp³-hybridized carbons (Fsp3) is 0.286. The number of nitrogen functional groups attached to an aromatic ring is 1. The quantitative estimate of drug-likeness (QED) is 0.909. The Hall–Kier alpha value is -2.37. The van der Waals surface area contributed by atoms with Gasteiger partial charge in [0.05, 0.1) is 12.3 Å². The second-order valence-electron chi connectivity index (χ2n) is 4.49. The molecule has 2 rings (SSSR count). The molecule has 0 fully saturated rings. The highest BCUT2D eigenvalue weighted by Gasteiger charge is 2.05. The molecule has 0 aliphatic heterocycles. The molecule has 0 aliphatic rings. The van der Waals surface area contributed by atoms with Crippen molar-refractivity contribution in [3.8, 4) is 11.8 Å². The highest BCUT2D eigenvalue weighted by molar-refractivity contribution is 5.30. The number of hydrogen-bond donors (Lipinski definition) is 1. The molecular weight excluding hydrogens is 261 g/mol. The fourth-order valence-corrected chi connectivity index (χ4v) is 1.56. The Bertz CT molecular complexity index is 590. The molecule has 1 heterocycles. The maximum Gasteiger partial charge on any atom is 0.318 e. The lowest BCUT2D eigenvalue weighted by molar-refractivity contribution is 0.240. The van der Waals surface area contributed by atoms with Gasteiger partial charge >= 0.3 is 6.01 Å². The SMILES string of the molecule is CC(C)Oc1cccc(COc2ncc(F)c(N)n2)c1. The van der Waals surface area contributed by atoms with Crippen molar-refractivity contribution in [2.45, 2.75) is 26.6 Å². The van der Waals surface area contributed by atoms with Gasteiger partial charge in [0.25, 0.3) is 0 Å². The van der Waals surface area contributed by atoms with Crippen molar-refractivity contribution in [3.05, 3.63) is 41.8 Å². The molecule has 6 heteroatoms. The van der Waals surface area contributed by atoms with Crippen LogP contribution in [0.1, 0.15) is 19.4 Å². The average Bonchev–Trinajstić information content (AvgIpc) is 2.40. The third-order valence-corrected chi connectivity index (χ3v) is 2.39. The van der Waals surface area contributed by atoms with E-state index in [0.717, 1.165) is 17.5 Å². The second-order valence-corrected chi connectivity index (χ2v) is 4.49. The third kappa shape index (κ3) is 3.81. The lowest BCUT2D eigenvalue weighted by Gasteiger charge is -2.11. The number of halogens is 1. The summed E-state index contributed by atoms with van der Waals surface area (Å²) in [4.78, 5) is 7.40. The van der Waals surface area contributed by atoms with E-state index in [4.69, 9.17) is 15.2 Å². The van der Waals surface area contributed by atoms with Crippen LogP contribution >= 0.6 is 0 Å². The van der Waals surface area contributed by atoms with Gasteiger partial charge in [-0.3, -0.25) is 0 Å². The van der Waals surface area contributed by atoms with Gasteiger partial charge in [-0.05, 0) is 31.5 Å². The van der Waals surface area contributed by atoms with Crippen molar-refractivity contribution < 1.29 is 13.9 Å². The van der Waals surface area contributed by atoms with Crippen LogP contribution in [0.25, 0.3) is 0 Å². The van der Waals surface area contributed by atoms with Crippen molar-refractivity contribution in [2.24, 2.45) is 0 Å². The maximum absolute atomic E-state index is 12.9. The van der Waals surface area contributed by atoms with E-state index in [9.17, 15) is 4.39 Å². The molecule has 1 aromatic carbocycles. The molecule has 0 atom stereocenters. The van der Waals surface area contributed by atoms with Gasteiger partial charge in [0.1, 0.15) is 12.4 Å². The Morgan fingerprint density at radius 3 is 2.85 bits per heavy atom. The van der Waals surface area contributed by atoms with Crippen LogP contribution < -0.4 is 15.2 Å². The summed E-state index contributed by atoms with van der Waals surface area (Å²) in [5, 5.41) is 0. The van der Waals surface area contributed by atoms with E-state index in [-0.39, 0.29) is 24.5 Å². The van der Waals surface area contributed by atoms with Gasteiger partial charge in [-0.1, -0.05) is 12.1 Å². The maximum atomic E-state index is 12.9. The summed E-state index contributed by atoms with van der Waals surface area (Å²) in [6.45, 7) is 4.16. The normalized spacial score (nSPS) is 10.6. The Balaban J connectivity index is 2.01. The van der Waals surface area contributed by atoms with E-state index in [1.807, 2.05) is 38.1 Å². The molecule has 0 radical (unpaired) electrons. The van der Waals surface area contributed by atoms with Crippen LogP contribution in [0.15, 0.2) is 30.5 Å². The van der Waals surface area contributed by atoms with Gasteiger partial charge < -0.3 is 15.2 Å². The van der Waals surface area contributed by atoms with E-state index in [1.54, 1.807) is 0 Å². The highest BCUT2D eigenvalue weighted by Crippen LogP contribution is 2.16. The Labute approximate surface area is 116 Å². The van der Waals surface area contributed by atoms with Crippen LogP contribution in [0.5, 0.6) is 11.8 Å². The fourth-order valence-electron chi connectivity index (χ4n) is 1.56. The molecule has 0 spiro atoms. The first-order valence-corrected chi connectivity index (χ1v) is 6.21.